The van der Waals surface area contributed by atoms with Gasteiger partial charge in [-0.1, -0.05) is 41.4 Å². The molecule has 6 nitrogen and oxygen atoms in total. The first kappa shape index (κ1) is 27.6. The van der Waals surface area contributed by atoms with E-state index in [0.29, 0.717) is 11.3 Å². The molecule has 0 aromatic heterocycles. The first-order chi connectivity index (χ1) is 18.1. The quantitative estimate of drug-likeness (QED) is 0.192. The first-order valence-electron chi connectivity index (χ1n) is 12.4. The van der Waals surface area contributed by atoms with E-state index in [1.54, 1.807) is 0 Å². The van der Waals surface area contributed by atoms with Crippen LogP contribution in [0.15, 0.2) is 60.2 Å². The summed E-state index contributed by atoms with van der Waals surface area (Å²) in [6.45, 7) is 9.70. The molecule has 8 heteroatoms. The number of Topliss-reactive ketones (excluding diaryl/α,β-unsaturated/α-hetero) is 1. The SMILES string of the molecule is CCN(CC)c1ccc(C2/C(=C(\O)c3cc(Cl)cc(Cl)c3OC)C(=O)C(=O)N2c2cc(C)cc(C)c2)cc1. The molecule has 4 rings (SSSR count). The predicted molar refractivity (Wildman–Crippen MR) is 154 cm³/mol. The number of carbonyl (C=O) groups is 2. The Balaban J connectivity index is 1.99. The summed E-state index contributed by atoms with van der Waals surface area (Å²) in [5, 5.41) is 12.0. The van der Waals surface area contributed by atoms with Gasteiger partial charge in [0.05, 0.1) is 29.3 Å². The van der Waals surface area contributed by atoms with Crippen LogP contribution in [-0.4, -0.2) is 37.0 Å². The molecule has 0 bridgehead atoms. The maximum Gasteiger partial charge on any atom is 0.300 e. The van der Waals surface area contributed by atoms with E-state index in [4.69, 9.17) is 27.9 Å². The predicted octanol–water partition coefficient (Wildman–Crippen LogP) is 7.09. The number of halogens is 2. The number of anilines is 2. The van der Waals surface area contributed by atoms with Gasteiger partial charge in [0.25, 0.3) is 11.7 Å². The molecule has 0 radical (unpaired) electrons. The number of amides is 1. The molecule has 1 saturated heterocycles. The number of aryl methyl sites for hydroxylation is 2. The fraction of sp³-hybridized carbons (Fsp3) is 0.267. The molecular weight excluding hydrogens is 523 g/mol. The van der Waals surface area contributed by atoms with Crippen molar-refractivity contribution in [3.63, 3.8) is 0 Å². The Bertz CT molecular complexity index is 1410. The summed E-state index contributed by atoms with van der Waals surface area (Å²) in [5.41, 5.74) is 4.21. The van der Waals surface area contributed by atoms with E-state index < -0.39 is 23.5 Å². The van der Waals surface area contributed by atoms with Crippen molar-refractivity contribution < 1.29 is 19.4 Å². The molecule has 0 saturated carbocycles. The van der Waals surface area contributed by atoms with Crippen LogP contribution in [0.25, 0.3) is 5.76 Å². The van der Waals surface area contributed by atoms with Crippen molar-refractivity contribution in [1.82, 2.24) is 0 Å². The van der Waals surface area contributed by atoms with Gasteiger partial charge < -0.3 is 14.7 Å². The molecule has 1 aliphatic rings. The standard InChI is InChI=1S/C30H30Cl2N2O4/c1-6-33(7-2)21-10-8-19(9-11-21)26-25(27(35)23-15-20(31)16-24(32)29(23)38-5)28(36)30(37)34(26)22-13-17(3)12-18(4)14-22/h8-16,26,35H,6-7H2,1-5H3/b27-25+. The number of nitrogens with zero attached hydrogens (tertiary/aromatic N) is 2. The molecule has 1 fully saturated rings. The summed E-state index contributed by atoms with van der Waals surface area (Å²) in [6, 6.07) is 15.4. The van der Waals surface area contributed by atoms with Gasteiger partial charge in [-0.15, -0.1) is 0 Å². The van der Waals surface area contributed by atoms with Gasteiger partial charge in [-0.25, -0.2) is 0 Å². The Labute approximate surface area is 233 Å². The number of aliphatic hydroxyl groups excluding tert-OH is 1. The van der Waals surface area contributed by atoms with E-state index >= 15 is 0 Å². The minimum absolute atomic E-state index is 0.0682. The fourth-order valence-electron chi connectivity index (χ4n) is 5.05. The molecule has 1 heterocycles. The van der Waals surface area contributed by atoms with Gasteiger partial charge in [-0.3, -0.25) is 14.5 Å². The smallest absolute Gasteiger partial charge is 0.300 e. The van der Waals surface area contributed by atoms with Crippen LogP contribution in [0.4, 0.5) is 11.4 Å². The summed E-state index contributed by atoms with van der Waals surface area (Å²) < 4.78 is 5.42. The number of ketones is 1. The molecule has 0 aliphatic carbocycles. The third-order valence-corrected chi connectivity index (χ3v) is 7.23. The summed E-state index contributed by atoms with van der Waals surface area (Å²) >= 11 is 12.6. The van der Waals surface area contributed by atoms with E-state index in [2.05, 4.69) is 18.7 Å². The number of benzene rings is 3. The average molecular weight is 553 g/mol. The van der Waals surface area contributed by atoms with E-state index in [9.17, 15) is 14.7 Å². The zero-order valence-corrected chi connectivity index (χ0v) is 23.5. The zero-order chi connectivity index (χ0) is 27.7. The van der Waals surface area contributed by atoms with Gasteiger partial charge in [0.15, 0.2) is 0 Å². The molecule has 1 amide bonds. The van der Waals surface area contributed by atoms with E-state index in [0.717, 1.165) is 29.9 Å². The summed E-state index contributed by atoms with van der Waals surface area (Å²) in [6.07, 6.45) is 0. The Hall–Kier alpha value is -3.48. The van der Waals surface area contributed by atoms with Crippen LogP contribution in [0.3, 0.4) is 0 Å². The van der Waals surface area contributed by atoms with Crippen LogP contribution in [0.5, 0.6) is 5.75 Å². The first-order valence-corrected chi connectivity index (χ1v) is 13.1. The number of methoxy groups -OCH3 is 1. The third kappa shape index (κ3) is 4.98. The van der Waals surface area contributed by atoms with Crippen LogP contribution in [0.1, 0.15) is 42.1 Å². The molecule has 3 aromatic rings. The molecule has 3 aromatic carbocycles. The number of ether oxygens (including phenoxy) is 1. The van der Waals surface area contributed by atoms with E-state index in [-0.39, 0.29) is 26.9 Å². The summed E-state index contributed by atoms with van der Waals surface area (Å²) in [4.78, 5) is 30.8. The maximum atomic E-state index is 13.6. The fourth-order valence-corrected chi connectivity index (χ4v) is 5.62. The second-order valence-corrected chi connectivity index (χ2v) is 10.1. The lowest BCUT2D eigenvalue weighted by Crippen LogP contribution is -2.29. The van der Waals surface area contributed by atoms with Crippen molar-refractivity contribution in [2.75, 3.05) is 30.0 Å². The number of aliphatic hydroxyl groups is 1. The topological polar surface area (TPSA) is 70.1 Å². The van der Waals surface area contributed by atoms with Crippen molar-refractivity contribution in [2.45, 2.75) is 33.7 Å². The molecule has 1 aliphatic heterocycles. The highest BCUT2D eigenvalue weighted by atomic mass is 35.5. The van der Waals surface area contributed by atoms with Gasteiger partial charge >= 0.3 is 0 Å². The van der Waals surface area contributed by atoms with Crippen LogP contribution < -0.4 is 14.5 Å². The number of hydrogen-bond acceptors (Lipinski definition) is 5. The number of hydrogen-bond donors (Lipinski definition) is 1. The maximum absolute atomic E-state index is 13.6. The number of carbonyl (C=O) groups excluding carboxylic acids is 2. The van der Waals surface area contributed by atoms with Crippen LogP contribution in [0, 0.1) is 13.8 Å². The molecular formula is C30H30Cl2N2O4. The van der Waals surface area contributed by atoms with Crippen molar-refractivity contribution in [1.29, 1.82) is 0 Å². The molecule has 38 heavy (non-hydrogen) atoms. The highest BCUT2D eigenvalue weighted by molar-refractivity contribution is 6.52. The Morgan fingerprint density at radius 2 is 1.58 bits per heavy atom. The zero-order valence-electron chi connectivity index (χ0n) is 22.0. The second-order valence-electron chi connectivity index (χ2n) is 9.25. The lowest BCUT2D eigenvalue weighted by atomic mass is 9.94. The second kappa shape index (κ2) is 11.1. The van der Waals surface area contributed by atoms with Gasteiger partial charge in [0, 0.05) is 29.5 Å². The number of rotatable bonds is 7. The van der Waals surface area contributed by atoms with Crippen LogP contribution in [0.2, 0.25) is 10.0 Å². The average Bonchev–Trinajstić information content (AvgIpc) is 3.14. The largest absolute Gasteiger partial charge is 0.507 e. The highest BCUT2D eigenvalue weighted by Gasteiger charge is 2.47. The van der Waals surface area contributed by atoms with Crippen molar-refractivity contribution in [2.24, 2.45) is 0 Å². The van der Waals surface area contributed by atoms with E-state index in [1.807, 2.05) is 56.3 Å². The van der Waals surface area contributed by atoms with Crippen LogP contribution in [-0.2, 0) is 9.59 Å². The monoisotopic (exact) mass is 552 g/mol. The summed E-state index contributed by atoms with van der Waals surface area (Å²) in [7, 11) is 1.41. The van der Waals surface area contributed by atoms with E-state index in [1.165, 1.54) is 24.1 Å². The molecule has 1 atom stereocenters. The summed E-state index contributed by atoms with van der Waals surface area (Å²) in [5.74, 6) is -1.80. The van der Waals surface area contributed by atoms with Crippen LogP contribution >= 0.6 is 23.2 Å². The van der Waals surface area contributed by atoms with Crippen molar-refractivity contribution in [3.05, 3.63) is 92.5 Å². The lowest BCUT2D eigenvalue weighted by molar-refractivity contribution is -0.132. The third-order valence-electron chi connectivity index (χ3n) is 6.73. The Morgan fingerprint density at radius 3 is 2.13 bits per heavy atom. The minimum atomic E-state index is -0.885. The lowest BCUT2D eigenvalue weighted by Gasteiger charge is -2.27. The van der Waals surface area contributed by atoms with Gasteiger partial charge in [-0.2, -0.15) is 0 Å². The molecule has 198 valence electrons. The minimum Gasteiger partial charge on any atom is -0.507 e. The molecule has 0 spiro atoms. The van der Waals surface area contributed by atoms with Gasteiger partial charge in [0.2, 0.25) is 0 Å². The Kier molecular flexibility index (Phi) is 8.05. The Morgan fingerprint density at radius 1 is 0.974 bits per heavy atom. The van der Waals surface area contributed by atoms with Gasteiger partial charge in [-0.05, 0) is 80.8 Å². The highest BCUT2D eigenvalue weighted by Crippen LogP contribution is 2.45. The normalized spacial score (nSPS) is 16.7. The molecule has 1 N–H and O–H groups in total. The van der Waals surface area contributed by atoms with Crippen molar-refractivity contribution in [3.8, 4) is 5.75 Å². The van der Waals surface area contributed by atoms with Crippen molar-refractivity contribution >= 4 is 52.0 Å². The van der Waals surface area contributed by atoms with Gasteiger partial charge in [0.1, 0.15) is 11.5 Å². The molecule has 1 unspecified atom stereocenters.